The van der Waals surface area contributed by atoms with Crippen molar-refractivity contribution in [3.05, 3.63) is 0 Å². The van der Waals surface area contributed by atoms with Crippen LogP contribution in [0.4, 0.5) is 0 Å². The molecule has 2 fully saturated rings. The summed E-state index contributed by atoms with van der Waals surface area (Å²) in [6.07, 6.45) is 10.1. The number of nitrogens with one attached hydrogen (secondary N) is 1. The molecule has 2 rings (SSSR count). The molecule has 1 atom stereocenters. The first-order valence-electron chi connectivity index (χ1n) is 6.97. The molecule has 2 heteroatoms. The summed E-state index contributed by atoms with van der Waals surface area (Å²) < 4.78 is 5.57. The average molecular weight is 225 g/mol. The van der Waals surface area contributed by atoms with Crippen molar-refractivity contribution in [2.45, 2.75) is 44.9 Å². The zero-order valence-electron chi connectivity index (χ0n) is 10.9. The SMILES string of the molecule is CNCC(COC)(C1CCCCC1)C1CC1. The predicted molar refractivity (Wildman–Crippen MR) is 67.5 cm³/mol. The zero-order chi connectivity index (χ0) is 11.4. The molecule has 0 radical (unpaired) electrons. The van der Waals surface area contributed by atoms with Crippen molar-refractivity contribution in [3.63, 3.8) is 0 Å². The van der Waals surface area contributed by atoms with Crippen molar-refractivity contribution in [2.24, 2.45) is 17.3 Å². The molecule has 0 saturated heterocycles. The molecule has 2 aliphatic rings. The molecule has 0 aromatic heterocycles. The second-order valence-electron chi connectivity index (χ2n) is 5.81. The van der Waals surface area contributed by atoms with Gasteiger partial charge >= 0.3 is 0 Å². The monoisotopic (exact) mass is 225 g/mol. The van der Waals surface area contributed by atoms with Gasteiger partial charge in [0.25, 0.3) is 0 Å². The average Bonchev–Trinajstić information content (AvgIpc) is 3.14. The number of methoxy groups -OCH3 is 1. The van der Waals surface area contributed by atoms with Crippen LogP contribution in [0.3, 0.4) is 0 Å². The molecule has 0 spiro atoms. The molecule has 0 aliphatic heterocycles. The van der Waals surface area contributed by atoms with Gasteiger partial charge in [-0.15, -0.1) is 0 Å². The Morgan fingerprint density at radius 1 is 1.06 bits per heavy atom. The third kappa shape index (κ3) is 2.43. The van der Waals surface area contributed by atoms with Gasteiger partial charge in [0.2, 0.25) is 0 Å². The first-order valence-corrected chi connectivity index (χ1v) is 6.97. The molecule has 2 saturated carbocycles. The molecule has 0 bridgehead atoms. The molecule has 16 heavy (non-hydrogen) atoms. The normalized spacial score (nSPS) is 26.6. The second kappa shape index (κ2) is 5.50. The van der Waals surface area contributed by atoms with Crippen LogP contribution in [0.5, 0.6) is 0 Å². The Hall–Kier alpha value is -0.0800. The Kier molecular flexibility index (Phi) is 4.26. The van der Waals surface area contributed by atoms with Crippen LogP contribution in [-0.4, -0.2) is 27.3 Å². The molecule has 0 heterocycles. The molecule has 1 unspecified atom stereocenters. The maximum Gasteiger partial charge on any atom is 0.0536 e. The standard InChI is InChI=1S/C14H27NO/c1-15-10-14(11-16-2,13-8-9-13)12-6-4-3-5-7-12/h12-13,15H,3-11H2,1-2H3. The Morgan fingerprint density at radius 2 is 1.69 bits per heavy atom. The quantitative estimate of drug-likeness (QED) is 0.750. The minimum atomic E-state index is 0.448. The number of hydrogen-bond donors (Lipinski definition) is 1. The van der Waals surface area contributed by atoms with Gasteiger partial charge in [0, 0.05) is 19.1 Å². The lowest BCUT2D eigenvalue weighted by molar-refractivity contribution is -0.00108. The van der Waals surface area contributed by atoms with Crippen molar-refractivity contribution >= 4 is 0 Å². The Labute approximate surface area is 100 Å². The largest absolute Gasteiger partial charge is 0.384 e. The fraction of sp³-hybridized carbons (Fsp3) is 1.00. The fourth-order valence-electron chi connectivity index (χ4n) is 3.84. The van der Waals surface area contributed by atoms with Gasteiger partial charge in [-0.25, -0.2) is 0 Å². The Morgan fingerprint density at radius 3 is 2.19 bits per heavy atom. The third-order valence-electron chi connectivity index (χ3n) is 4.73. The van der Waals surface area contributed by atoms with Gasteiger partial charge in [-0.2, -0.15) is 0 Å². The summed E-state index contributed by atoms with van der Waals surface area (Å²) in [6, 6.07) is 0. The van der Waals surface area contributed by atoms with E-state index in [4.69, 9.17) is 4.74 Å². The van der Waals surface area contributed by atoms with E-state index in [9.17, 15) is 0 Å². The van der Waals surface area contributed by atoms with E-state index in [0.717, 1.165) is 25.0 Å². The molecule has 94 valence electrons. The van der Waals surface area contributed by atoms with E-state index in [0.29, 0.717) is 5.41 Å². The third-order valence-corrected chi connectivity index (χ3v) is 4.73. The molecular formula is C14H27NO. The van der Waals surface area contributed by atoms with E-state index in [1.54, 1.807) is 0 Å². The van der Waals surface area contributed by atoms with Crippen LogP contribution >= 0.6 is 0 Å². The summed E-state index contributed by atoms with van der Waals surface area (Å²) >= 11 is 0. The minimum Gasteiger partial charge on any atom is -0.384 e. The van der Waals surface area contributed by atoms with Crippen LogP contribution in [0.2, 0.25) is 0 Å². The van der Waals surface area contributed by atoms with Crippen LogP contribution in [0.1, 0.15) is 44.9 Å². The lowest BCUT2D eigenvalue weighted by Gasteiger charge is -2.43. The summed E-state index contributed by atoms with van der Waals surface area (Å²) in [5.74, 6) is 1.84. The van der Waals surface area contributed by atoms with Crippen molar-refractivity contribution in [3.8, 4) is 0 Å². The molecule has 0 amide bonds. The van der Waals surface area contributed by atoms with E-state index in [1.165, 1.54) is 44.9 Å². The molecule has 0 aromatic carbocycles. The van der Waals surface area contributed by atoms with Gasteiger partial charge in [-0.3, -0.25) is 0 Å². The van der Waals surface area contributed by atoms with E-state index < -0.39 is 0 Å². The molecule has 0 aromatic rings. The van der Waals surface area contributed by atoms with Gasteiger partial charge < -0.3 is 10.1 Å². The summed E-state index contributed by atoms with van der Waals surface area (Å²) in [5, 5.41) is 3.43. The lowest BCUT2D eigenvalue weighted by Crippen LogP contribution is -2.45. The summed E-state index contributed by atoms with van der Waals surface area (Å²) in [6.45, 7) is 2.11. The second-order valence-corrected chi connectivity index (χ2v) is 5.81. The summed E-state index contributed by atoms with van der Waals surface area (Å²) in [4.78, 5) is 0. The minimum absolute atomic E-state index is 0.448. The van der Waals surface area contributed by atoms with Crippen LogP contribution in [0, 0.1) is 17.3 Å². The van der Waals surface area contributed by atoms with Crippen molar-refractivity contribution < 1.29 is 4.74 Å². The maximum absolute atomic E-state index is 5.57. The maximum atomic E-state index is 5.57. The molecule has 2 nitrogen and oxygen atoms in total. The number of ether oxygens (including phenoxy) is 1. The van der Waals surface area contributed by atoms with Gasteiger partial charge in [-0.1, -0.05) is 19.3 Å². The molecule has 1 N–H and O–H groups in total. The number of hydrogen-bond acceptors (Lipinski definition) is 2. The van der Waals surface area contributed by atoms with E-state index in [2.05, 4.69) is 12.4 Å². The summed E-state index contributed by atoms with van der Waals surface area (Å²) in [7, 11) is 3.96. The highest BCUT2D eigenvalue weighted by atomic mass is 16.5. The topological polar surface area (TPSA) is 21.3 Å². The highest BCUT2D eigenvalue weighted by Crippen LogP contribution is 2.53. The zero-order valence-corrected chi connectivity index (χ0v) is 10.9. The Balaban J connectivity index is 2.08. The van der Waals surface area contributed by atoms with Gasteiger partial charge in [-0.05, 0) is 44.6 Å². The Bertz CT molecular complexity index is 201. The van der Waals surface area contributed by atoms with E-state index >= 15 is 0 Å². The molecular weight excluding hydrogens is 198 g/mol. The van der Waals surface area contributed by atoms with Crippen LogP contribution in [0.25, 0.3) is 0 Å². The van der Waals surface area contributed by atoms with E-state index in [1.807, 2.05) is 7.11 Å². The highest BCUT2D eigenvalue weighted by molar-refractivity contribution is 5.00. The van der Waals surface area contributed by atoms with Crippen molar-refractivity contribution in [1.82, 2.24) is 5.32 Å². The fourth-order valence-corrected chi connectivity index (χ4v) is 3.84. The van der Waals surface area contributed by atoms with Crippen molar-refractivity contribution in [1.29, 1.82) is 0 Å². The number of rotatable bonds is 6. The van der Waals surface area contributed by atoms with Gasteiger partial charge in [0.1, 0.15) is 0 Å². The first kappa shape index (κ1) is 12.4. The van der Waals surface area contributed by atoms with Gasteiger partial charge in [0.05, 0.1) is 6.61 Å². The van der Waals surface area contributed by atoms with Crippen molar-refractivity contribution in [2.75, 3.05) is 27.3 Å². The lowest BCUT2D eigenvalue weighted by atomic mass is 9.66. The first-order chi connectivity index (χ1) is 7.83. The smallest absolute Gasteiger partial charge is 0.0536 e. The molecule has 2 aliphatic carbocycles. The highest BCUT2D eigenvalue weighted by Gasteiger charge is 2.49. The van der Waals surface area contributed by atoms with Gasteiger partial charge in [0.15, 0.2) is 0 Å². The summed E-state index contributed by atoms with van der Waals surface area (Å²) in [5.41, 5.74) is 0.448. The van der Waals surface area contributed by atoms with E-state index in [-0.39, 0.29) is 0 Å². The van der Waals surface area contributed by atoms with Crippen LogP contribution in [-0.2, 0) is 4.74 Å². The van der Waals surface area contributed by atoms with Crippen LogP contribution < -0.4 is 5.32 Å². The van der Waals surface area contributed by atoms with Crippen LogP contribution in [0.15, 0.2) is 0 Å². The predicted octanol–water partition coefficient (Wildman–Crippen LogP) is 2.83.